The molecule has 1 unspecified atom stereocenters. The highest BCUT2D eigenvalue weighted by Crippen LogP contribution is 2.30. The highest BCUT2D eigenvalue weighted by Gasteiger charge is 2.19. The number of carbonyl (C=O) groups excluding carboxylic acids is 1. The maximum absolute atomic E-state index is 11.7. The molecule has 1 aromatic heterocycles. The summed E-state index contributed by atoms with van der Waals surface area (Å²) < 4.78 is 0. The number of aromatic nitrogens is 2. The molecule has 0 radical (unpaired) electrons. The second kappa shape index (κ2) is 7.34. The van der Waals surface area contributed by atoms with Gasteiger partial charge in [0.1, 0.15) is 0 Å². The zero-order valence-electron chi connectivity index (χ0n) is 14.8. The number of imidazole rings is 1. The first kappa shape index (κ1) is 17.0. The Labute approximate surface area is 148 Å². The molecule has 0 aliphatic heterocycles. The van der Waals surface area contributed by atoms with E-state index in [0.29, 0.717) is 5.56 Å². The van der Waals surface area contributed by atoms with Crippen molar-refractivity contribution in [3.8, 4) is 0 Å². The molecule has 0 aliphatic carbocycles. The van der Waals surface area contributed by atoms with Crippen molar-refractivity contribution >= 4 is 5.91 Å². The molecule has 0 aliphatic rings. The van der Waals surface area contributed by atoms with Crippen molar-refractivity contribution in [1.29, 1.82) is 0 Å². The number of rotatable bonds is 5. The van der Waals surface area contributed by atoms with Crippen LogP contribution in [0.25, 0.3) is 0 Å². The van der Waals surface area contributed by atoms with E-state index < -0.39 is 0 Å². The molecule has 0 saturated carbocycles. The van der Waals surface area contributed by atoms with Gasteiger partial charge in [-0.3, -0.25) is 4.79 Å². The third-order valence-corrected chi connectivity index (χ3v) is 4.80. The zero-order valence-corrected chi connectivity index (χ0v) is 14.8. The van der Waals surface area contributed by atoms with Crippen LogP contribution in [0.1, 0.15) is 44.2 Å². The average molecular weight is 333 g/mol. The summed E-state index contributed by atoms with van der Waals surface area (Å²) in [5.41, 5.74) is 6.87. The number of nitrogens with one attached hydrogen (secondary N) is 2. The minimum absolute atomic E-state index is 0.0637. The summed E-state index contributed by atoms with van der Waals surface area (Å²) >= 11 is 0. The van der Waals surface area contributed by atoms with Crippen molar-refractivity contribution in [2.45, 2.75) is 26.2 Å². The number of H-pyrrole nitrogens is 1. The van der Waals surface area contributed by atoms with Crippen LogP contribution in [-0.2, 0) is 6.42 Å². The lowest BCUT2D eigenvalue weighted by atomic mass is 9.85. The van der Waals surface area contributed by atoms with Gasteiger partial charge < -0.3 is 10.3 Å². The van der Waals surface area contributed by atoms with Crippen LogP contribution in [0.5, 0.6) is 0 Å². The molecule has 4 heteroatoms. The van der Waals surface area contributed by atoms with E-state index in [0.717, 1.165) is 12.1 Å². The molecule has 0 fully saturated rings. The normalized spacial score (nSPS) is 12.0. The topological polar surface area (TPSA) is 57.8 Å². The molecule has 0 saturated heterocycles. The molecule has 2 aromatic carbocycles. The largest absolute Gasteiger partial charge is 0.355 e. The molecule has 3 aromatic rings. The van der Waals surface area contributed by atoms with E-state index in [4.69, 9.17) is 0 Å². The van der Waals surface area contributed by atoms with E-state index in [-0.39, 0.29) is 11.8 Å². The van der Waals surface area contributed by atoms with Gasteiger partial charge in [0.15, 0.2) is 0 Å². The number of benzene rings is 2. The lowest BCUT2D eigenvalue weighted by molar-refractivity contribution is 0.0963. The summed E-state index contributed by atoms with van der Waals surface area (Å²) in [5.74, 6) is 0.138. The van der Waals surface area contributed by atoms with Crippen molar-refractivity contribution in [2.24, 2.45) is 0 Å². The molecule has 1 heterocycles. The lowest BCUT2D eigenvalue weighted by Crippen LogP contribution is -2.17. The van der Waals surface area contributed by atoms with Gasteiger partial charge in [-0.05, 0) is 54.7 Å². The van der Waals surface area contributed by atoms with Gasteiger partial charge in [-0.2, -0.15) is 0 Å². The summed E-state index contributed by atoms with van der Waals surface area (Å²) in [6.07, 6.45) is 4.47. The SMILES string of the molecule is CNC(=O)c1ccc(CC(c2cnc[nH]2)c2cccc(C)c2C)cc1. The van der Waals surface area contributed by atoms with Crippen LogP contribution in [0.2, 0.25) is 0 Å². The fourth-order valence-electron chi connectivity index (χ4n) is 3.17. The molecular weight excluding hydrogens is 310 g/mol. The fourth-order valence-corrected chi connectivity index (χ4v) is 3.17. The Kier molecular flexibility index (Phi) is 4.98. The third kappa shape index (κ3) is 3.63. The van der Waals surface area contributed by atoms with Crippen LogP contribution in [0, 0.1) is 13.8 Å². The van der Waals surface area contributed by atoms with Gasteiger partial charge in [-0.25, -0.2) is 4.98 Å². The van der Waals surface area contributed by atoms with Crippen LogP contribution in [-0.4, -0.2) is 22.9 Å². The maximum Gasteiger partial charge on any atom is 0.251 e. The lowest BCUT2D eigenvalue weighted by Gasteiger charge is -2.20. The fraction of sp³-hybridized carbons (Fsp3) is 0.238. The minimum Gasteiger partial charge on any atom is -0.355 e. The number of hydrogen-bond acceptors (Lipinski definition) is 2. The molecule has 4 nitrogen and oxygen atoms in total. The number of amides is 1. The Hall–Kier alpha value is -2.88. The Morgan fingerprint density at radius 3 is 2.56 bits per heavy atom. The molecule has 1 atom stereocenters. The van der Waals surface area contributed by atoms with Gasteiger partial charge in [0, 0.05) is 30.4 Å². The monoisotopic (exact) mass is 333 g/mol. The van der Waals surface area contributed by atoms with E-state index >= 15 is 0 Å². The van der Waals surface area contributed by atoms with Crippen molar-refractivity contribution in [1.82, 2.24) is 15.3 Å². The first-order valence-corrected chi connectivity index (χ1v) is 8.45. The molecule has 3 rings (SSSR count). The molecule has 25 heavy (non-hydrogen) atoms. The first-order chi connectivity index (χ1) is 12.1. The molecule has 0 spiro atoms. The number of aryl methyl sites for hydroxylation is 1. The summed E-state index contributed by atoms with van der Waals surface area (Å²) in [6.45, 7) is 4.31. The quantitative estimate of drug-likeness (QED) is 0.747. The van der Waals surface area contributed by atoms with Crippen LogP contribution < -0.4 is 5.32 Å². The minimum atomic E-state index is -0.0637. The highest BCUT2D eigenvalue weighted by atomic mass is 16.1. The highest BCUT2D eigenvalue weighted by molar-refractivity contribution is 5.93. The number of nitrogens with zero attached hydrogens (tertiary/aromatic N) is 1. The third-order valence-electron chi connectivity index (χ3n) is 4.80. The second-order valence-electron chi connectivity index (χ2n) is 6.33. The maximum atomic E-state index is 11.7. The van der Waals surface area contributed by atoms with E-state index in [1.54, 1.807) is 13.4 Å². The molecular formula is C21H23N3O. The Balaban J connectivity index is 1.94. The molecule has 128 valence electrons. The van der Waals surface area contributed by atoms with Crippen molar-refractivity contribution in [3.05, 3.63) is 88.5 Å². The van der Waals surface area contributed by atoms with Crippen molar-refractivity contribution < 1.29 is 4.79 Å². The predicted molar refractivity (Wildman–Crippen MR) is 99.9 cm³/mol. The summed E-state index contributed by atoms with van der Waals surface area (Å²) in [6, 6.07) is 14.2. The van der Waals surface area contributed by atoms with Gasteiger partial charge >= 0.3 is 0 Å². The second-order valence-corrected chi connectivity index (χ2v) is 6.33. The van der Waals surface area contributed by atoms with Crippen molar-refractivity contribution in [2.75, 3.05) is 7.05 Å². The zero-order chi connectivity index (χ0) is 17.8. The van der Waals surface area contributed by atoms with Crippen LogP contribution in [0.15, 0.2) is 55.0 Å². The van der Waals surface area contributed by atoms with Crippen LogP contribution >= 0.6 is 0 Å². The standard InChI is InChI=1S/C21H23N3O/c1-14-5-4-6-18(15(14)2)19(20-12-23-13-24-20)11-16-7-9-17(10-8-16)21(25)22-3/h4-10,12-13,19H,11H2,1-3H3,(H,22,25)(H,23,24). The first-order valence-electron chi connectivity index (χ1n) is 8.45. The van der Waals surface area contributed by atoms with Crippen molar-refractivity contribution in [3.63, 3.8) is 0 Å². The van der Waals surface area contributed by atoms with E-state index in [1.807, 2.05) is 30.5 Å². The van der Waals surface area contributed by atoms with Gasteiger partial charge in [-0.15, -0.1) is 0 Å². The summed E-state index contributed by atoms with van der Waals surface area (Å²) in [5, 5.41) is 2.65. The van der Waals surface area contributed by atoms with E-state index in [9.17, 15) is 4.79 Å². The number of aromatic amines is 1. The number of carbonyl (C=O) groups is 1. The van der Waals surface area contributed by atoms with E-state index in [2.05, 4.69) is 47.3 Å². The van der Waals surface area contributed by atoms with Crippen LogP contribution in [0.3, 0.4) is 0 Å². The Morgan fingerprint density at radius 1 is 1.16 bits per heavy atom. The van der Waals surface area contributed by atoms with Gasteiger partial charge in [-0.1, -0.05) is 30.3 Å². The molecule has 1 amide bonds. The van der Waals surface area contributed by atoms with E-state index in [1.165, 1.54) is 22.3 Å². The summed E-state index contributed by atoms with van der Waals surface area (Å²) in [7, 11) is 1.64. The van der Waals surface area contributed by atoms with Gasteiger partial charge in [0.2, 0.25) is 0 Å². The average Bonchev–Trinajstić information content (AvgIpc) is 3.16. The smallest absolute Gasteiger partial charge is 0.251 e. The predicted octanol–water partition coefficient (Wildman–Crippen LogP) is 3.76. The molecule has 2 N–H and O–H groups in total. The molecule has 0 bridgehead atoms. The van der Waals surface area contributed by atoms with Gasteiger partial charge in [0.05, 0.1) is 6.33 Å². The van der Waals surface area contributed by atoms with Gasteiger partial charge in [0.25, 0.3) is 5.91 Å². The Bertz CT molecular complexity index is 851. The van der Waals surface area contributed by atoms with Crippen LogP contribution in [0.4, 0.5) is 0 Å². The summed E-state index contributed by atoms with van der Waals surface area (Å²) in [4.78, 5) is 19.2. The number of hydrogen-bond donors (Lipinski definition) is 2. The Morgan fingerprint density at radius 2 is 1.92 bits per heavy atom.